The molecule has 0 radical (unpaired) electrons. The van der Waals surface area contributed by atoms with Crippen molar-refractivity contribution >= 4 is 0 Å². The van der Waals surface area contributed by atoms with Gasteiger partial charge in [0.25, 0.3) is 0 Å². The fraction of sp³-hybridized carbons (Fsp3) is 0.529. The average molecular weight is 276 g/mol. The number of hydrogen-bond donors (Lipinski definition) is 1. The molecule has 0 spiro atoms. The lowest BCUT2D eigenvalue weighted by Crippen LogP contribution is -2.15. The fourth-order valence-electron chi connectivity index (χ4n) is 2.45. The van der Waals surface area contributed by atoms with Gasteiger partial charge in [-0.25, -0.2) is 4.39 Å². The number of rotatable bonds is 3. The smallest absolute Gasteiger partial charge is 0.138 e. The Hall–Kier alpha value is -1.53. The number of aliphatic hydroxyl groups is 1. The van der Waals surface area contributed by atoms with Crippen LogP contribution in [0, 0.1) is 17.7 Å². The van der Waals surface area contributed by atoms with E-state index in [0.717, 1.165) is 12.8 Å². The van der Waals surface area contributed by atoms with Gasteiger partial charge in [0.2, 0.25) is 0 Å². The van der Waals surface area contributed by atoms with Gasteiger partial charge in [0.05, 0.1) is 18.3 Å². The summed E-state index contributed by atoms with van der Waals surface area (Å²) in [6.45, 7) is 0.0347. The maximum Gasteiger partial charge on any atom is 0.138 e. The Balaban J connectivity index is 2.12. The molecule has 1 N–H and O–H groups in total. The molecular formula is C17H21FO2. The van der Waals surface area contributed by atoms with Crippen LogP contribution in [0.3, 0.4) is 0 Å². The molecule has 0 amide bonds. The fourth-order valence-corrected chi connectivity index (χ4v) is 2.45. The van der Waals surface area contributed by atoms with Crippen molar-refractivity contribution in [2.24, 2.45) is 0 Å². The van der Waals surface area contributed by atoms with Gasteiger partial charge in [-0.2, -0.15) is 0 Å². The van der Waals surface area contributed by atoms with Gasteiger partial charge >= 0.3 is 0 Å². The molecule has 1 aliphatic rings. The molecule has 0 unspecified atom stereocenters. The molecule has 2 rings (SSSR count). The van der Waals surface area contributed by atoms with E-state index in [9.17, 15) is 4.39 Å². The van der Waals surface area contributed by atoms with E-state index in [1.165, 1.54) is 37.8 Å². The molecule has 2 nitrogen and oxygen atoms in total. The molecule has 20 heavy (non-hydrogen) atoms. The Morgan fingerprint density at radius 1 is 1.20 bits per heavy atom. The lowest BCUT2D eigenvalue weighted by Gasteiger charge is -2.18. The largest absolute Gasteiger partial charge is 0.489 e. The van der Waals surface area contributed by atoms with Crippen LogP contribution in [0.15, 0.2) is 18.2 Å². The van der Waals surface area contributed by atoms with Gasteiger partial charge in [0, 0.05) is 12.5 Å². The first kappa shape index (κ1) is 14.9. The molecule has 1 fully saturated rings. The van der Waals surface area contributed by atoms with E-state index in [1.807, 2.05) is 0 Å². The van der Waals surface area contributed by atoms with Crippen molar-refractivity contribution in [3.05, 3.63) is 29.6 Å². The minimum absolute atomic E-state index is 0.0347. The quantitative estimate of drug-likeness (QED) is 0.674. The third-order valence-corrected chi connectivity index (χ3v) is 3.50. The molecule has 0 bridgehead atoms. The molecule has 0 aliphatic heterocycles. The zero-order chi connectivity index (χ0) is 14.2. The second-order valence-electron chi connectivity index (χ2n) is 5.15. The minimum atomic E-state index is -0.304. The summed E-state index contributed by atoms with van der Waals surface area (Å²) in [5, 5.41) is 8.76. The summed E-state index contributed by atoms with van der Waals surface area (Å²) in [5.74, 6) is 6.03. The monoisotopic (exact) mass is 276 g/mol. The predicted octanol–water partition coefficient (Wildman–Crippen LogP) is 3.66. The van der Waals surface area contributed by atoms with Gasteiger partial charge in [-0.3, -0.25) is 0 Å². The van der Waals surface area contributed by atoms with Crippen molar-refractivity contribution in [2.45, 2.75) is 51.0 Å². The third-order valence-electron chi connectivity index (χ3n) is 3.50. The van der Waals surface area contributed by atoms with E-state index in [4.69, 9.17) is 9.84 Å². The molecule has 0 saturated heterocycles. The SMILES string of the molecule is OCCC#Cc1ccc(F)cc1OC1CCCCCC1. The minimum Gasteiger partial charge on any atom is -0.489 e. The van der Waals surface area contributed by atoms with Gasteiger partial charge in [-0.05, 0) is 37.8 Å². The van der Waals surface area contributed by atoms with Gasteiger partial charge in [-0.1, -0.05) is 24.7 Å². The molecule has 1 saturated carbocycles. The summed E-state index contributed by atoms with van der Waals surface area (Å²) >= 11 is 0. The summed E-state index contributed by atoms with van der Waals surface area (Å²) in [5.41, 5.74) is 0.698. The molecule has 0 atom stereocenters. The van der Waals surface area contributed by atoms with E-state index in [0.29, 0.717) is 17.7 Å². The zero-order valence-corrected chi connectivity index (χ0v) is 11.7. The van der Waals surface area contributed by atoms with Crippen LogP contribution in [-0.2, 0) is 0 Å². The van der Waals surface area contributed by atoms with Crippen molar-refractivity contribution < 1.29 is 14.2 Å². The molecule has 0 heterocycles. The third kappa shape index (κ3) is 4.54. The van der Waals surface area contributed by atoms with Crippen molar-refractivity contribution in [1.29, 1.82) is 0 Å². The molecule has 1 aromatic rings. The summed E-state index contributed by atoms with van der Waals surface area (Å²) in [6.07, 6.45) is 7.49. The molecule has 1 aliphatic carbocycles. The van der Waals surface area contributed by atoms with Gasteiger partial charge in [0.15, 0.2) is 0 Å². The standard InChI is InChI=1S/C17H21FO2/c18-15-11-10-14(7-5-6-12-19)17(13-15)20-16-8-3-1-2-4-9-16/h10-11,13,16,19H,1-4,6,8-9,12H2. The highest BCUT2D eigenvalue weighted by Crippen LogP contribution is 2.26. The lowest BCUT2D eigenvalue weighted by atomic mass is 10.1. The van der Waals surface area contributed by atoms with Crippen LogP contribution in [0.2, 0.25) is 0 Å². The van der Waals surface area contributed by atoms with Crippen molar-refractivity contribution in [3.63, 3.8) is 0 Å². The Labute approximate surface area is 120 Å². The van der Waals surface area contributed by atoms with Gasteiger partial charge < -0.3 is 9.84 Å². The highest BCUT2D eigenvalue weighted by atomic mass is 19.1. The van der Waals surface area contributed by atoms with E-state index in [-0.39, 0.29) is 18.5 Å². The van der Waals surface area contributed by atoms with Crippen LogP contribution in [0.1, 0.15) is 50.5 Å². The molecule has 1 aromatic carbocycles. The highest BCUT2D eigenvalue weighted by molar-refractivity contribution is 5.46. The van der Waals surface area contributed by atoms with Crippen molar-refractivity contribution in [3.8, 4) is 17.6 Å². The second kappa shape index (κ2) is 7.91. The average Bonchev–Trinajstić information content (AvgIpc) is 2.70. The van der Waals surface area contributed by atoms with E-state index < -0.39 is 0 Å². The topological polar surface area (TPSA) is 29.5 Å². The maximum atomic E-state index is 13.4. The Morgan fingerprint density at radius 3 is 2.65 bits per heavy atom. The Morgan fingerprint density at radius 2 is 1.95 bits per heavy atom. The predicted molar refractivity (Wildman–Crippen MR) is 77.1 cm³/mol. The van der Waals surface area contributed by atoms with Crippen molar-refractivity contribution in [1.82, 2.24) is 0 Å². The Kier molecular flexibility index (Phi) is 5.88. The normalized spacial score (nSPS) is 16.1. The summed E-state index contributed by atoms with van der Waals surface area (Å²) in [7, 11) is 0. The number of aliphatic hydroxyl groups excluding tert-OH is 1. The molecule has 108 valence electrons. The van der Waals surface area contributed by atoms with E-state index >= 15 is 0 Å². The van der Waals surface area contributed by atoms with Crippen molar-refractivity contribution in [2.75, 3.05) is 6.61 Å². The molecule has 3 heteroatoms. The van der Waals surface area contributed by atoms with Crippen LogP contribution in [-0.4, -0.2) is 17.8 Å². The van der Waals surface area contributed by atoms with Crippen LogP contribution in [0.4, 0.5) is 4.39 Å². The molecular weight excluding hydrogens is 255 g/mol. The van der Waals surface area contributed by atoms with Crippen LogP contribution < -0.4 is 4.74 Å². The molecule has 0 aromatic heterocycles. The van der Waals surface area contributed by atoms with Crippen LogP contribution in [0.25, 0.3) is 0 Å². The lowest BCUT2D eigenvalue weighted by molar-refractivity contribution is 0.182. The number of halogens is 1. The number of hydrogen-bond acceptors (Lipinski definition) is 2. The van der Waals surface area contributed by atoms with E-state index in [1.54, 1.807) is 6.07 Å². The first-order valence-corrected chi connectivity index (χ1v) is 7.35. The van der Waals surface area contributed by atoms with E-state index in [2.05, 4.69) is 11.8 Å². The summed E-state index contributed by atoms with van der Waals surface area (Å²) in [4.78, 5) is 0. The van der Waals surface area contributed by atoms with Crippen LogP contribution in [0.5, 0.6) is 5.75 Å². The first-order chi connectivity index (χ1) is 9.79. The zero-order valence-electron chi connectivity index (χ0n) is 11.7. The van der Waals surface area contributed by atoms with Gasteiger partial charge in [0.1, 0.15) is 11.6 Å². The number of ether oxygens (including phenoxy) is 1. The maximum absolute atomic E-state index is 13.4. The second-order valence-corrected chi connectivity index (χ2v) is 5.15. The number of benzene rings is 1. The Bertz CT molecular complexity index is 479. The summed E-state index contributed by atoms with van der Waals surface area (Å²) < 4.78 is 19.4. The van der Waals surface area contributed by atoms with Crippen LogP contribution >= 0.6 is 0 Å². The van der Waals surface area contributed by atoms with Gasteiger partial charge in [-0.15, -0.1) is 0 Å². The summed E-state index contributed by atoms with van der Waals surface area (Å²) in [6, 6.07) is 4.45. The first-order valence-electron chi connectivity index (χ1n) is 7.35. The highest BCUT2D eigenvalue weighted by Gasteiger charge is 2.15.